The van der Waals surface area contributed by atoms with Crippen molar-refractivity contribution < 1.29 is 22.7 Å². The first kappa shape index (κ1) is 16.3. The summed E-state index contributed by atoms with van der Waals surface area (Å²) in [5.41, 5.74) is -0.671. The summed E-state index contributed by atoms with van der Waals surface area (Å²) in [7, 11) is -4.13. The highest BCUT2D eigenvalue weighted by Gasteiger charge is 2.53. The molecule has 1 aliphatic heterocycles. The Bertz CT molecular complexity index is 695. The Morgan fingerprint density at radius 1 is 1.36 bits per heavy atom. The molecule has 1 saturated heterocycles. The van der Waals surface area contributed by atoms with Crippen molar-refractivity contribution in [2.45, 2.75) is 17.5 Å². The zero-order chi connectivity index (χ0) is 16.4. The van der Waals surface area contributed by atoms with Crippen LogP contribution in [0.3, 0.4) is 0 Å². The van der Waals surface area contributed by atoms with Gasteiger partial charge in [0.05, 0.1) is 11.5 Å². The van der Waals surface area contributed by atoms with Gasteiger partial charge in [0.1, 0.15) is 6.61 Å². The second kappa shape index (κ2) is 5.94. The van der Waals surface area contributed by atoms with E-state index in [4.69, 9.17) is 9.47 Å². The van der Waals surface area contributed by atoms with Gasteiger partial charge in [-0.2, -0.15) is 4.31 Å². The number of rotatable bonds is 6. The summed E-state index contributed by atoms with van der Waals surface area (Å²) in [6.07, 6.45) is 1.70. The van der Waals surface area contributed by atoms with Gasteiger partial charge in [0.25, 0.3) is 10.0 Å². The van der Waals surface area contributed by atoms with Gasteiger partial charge < -0.3 is 9.47 Å². The highest BCUT2D eigenvalue weighted by Crippen LogP contribution is 2.33. The molecule has 1 unspecified atom stereocenters. The average molecular weight is 323 g/mol. The summed E-state index contributed by atoms with van der Waals surface area (Å²) in [5.74, 6) is 0. The zero-order valence-corrected chi connectivity index (χ0v) is 13.0. The van der Waals surface area contributed by atoms with Crippen LogP contribution in [0.4, 0.5) is 4.79 Å². The van der Waals surface area contributed by atoms with Crippen LogP contribution >= 0.6 is 0 Å². The molecule has 0 aromatic heterocycles. The van der Waals surface area contributed by atoms with Crippen LogP contribution in [0.15, 0.2) is 54.5 Å². The lowest BCUT2D eigenvalue weighted by Gasteiger charge is -2.31. The summed E-state index contributed by atoms with van der Waals surface area (Å²) < 4.78 is 36.5. The number of amides is 1. The number of carbonyl (C=O) groups excluding carboxylic acids is 1. The number of hydrogen-bond acceptors (Lipinski definition) is 5. The molecule has 1 aliphatic rings. The van der Waals surface area contributed by atoms with E-state index in [-0.39, 0.29) is 18.1 Å². The standard InChI is InChI=1S/C15H17NO5S/c1-4-10-21-15(5-2)11-20-14(17)16(15)22(18,19)13-8-6-12(3)7-9-13/h4-9H,1-2,10-11H2,3H3. The van der Waals surface area contributed by atoms with Gasteiger partial charge in [-0.1, -0.05) is 30.4 Å². The molecule has 1 atom stereocenters. The van der Waals surface area contributed by atoms with Gasteiger partial charge >= 0.3 is 6.09 Å². The van der Waals surface area contributed by atoms with Crippen molar-refractivity contribution in [3.05, 3.63) is 55.1 Å². The number of nitrogens with zero attached hydrogens (tertiary/aromatic N) is 1. The largest absolute Gasteiger partial charge is 0.443 e. The smallest absolute Gasteiger partial charge is 0.426 e. The number of cyclic esters (lactones) is 1. The van der Waals surface area contributed by atoms with E-state index < -0.39 is 21.8 Å². The van der Waals surface area contributed by atoms with E-state index in [1.807, 2.05) is 6.92 Å². The zero-order valence-electron chi connectivity index (χ0n) is 12.2. The molecule has 118 valence electrons. The van der Waals surface area contributed by atoms with Crippen LogP contribution < -0.4 is 0 Å². The summed E-state index contributed by atoms with van der Waals surface area (Å²) in [6, 6.07) is 6.15. The van der Waals surface area contributed by atoms with Crippen molar-refractivity contribution in [2.75, 3.05) is 13.2 Å². The molecule has 1 fully saturated rings. The highest BCUT2D eigenvalue weighted by atomic mass is 32.2. The summed E-state index contributed by atoms with van der Waals surface area (Å²) in [4.78, 5) is 11.9. The number of aryl methyl sites for hydroxylation is 1. The molecule has 1 amide bonds. The molecule has 0 bridgehead atoms. The minimum Gasteiger partial charge on any atom is -0.443 e. The molecular weight excluding hydrogens is 306 g/mol. The van der Waals surface area contributed by atoms with Crippen LogP contribution in [0.5, 0.6) is 0 Å². The molecule has 0 radical (unpaired) electrons. The molecular formula is C15H17NO5S. The third-order valence-corrected chi connectivity index (χ3v) is 5.05. The van der Waals surface area contributed by atoms with Crippen molar-refractivity contribution in [2.24, 2.45) is 0 Å². The van der Waals surface area contributed by atoms with Crippen molar-refractivity contribution in [1.82, 2.24) is 4.31 Å². The molecule has 2 rings (SSSR count). The molecule has 0 spiro atoms. The van der Waals surface area contributed by atoms with Gasteiger partial charge in [-0.3, -0.25) is 0 Å². The van der Waals surface area contributed by atoms with E-state index in [0.717, 1.165) is 5.56 Å². The van der Waals surface area contributed by atoms with Crippen LogP contribution in [0, 0.1) is 6.92 Å². The molecule has 22 heavy (non-hydrogen) atoms. The maximum absolute atomic E-state index is 12.8. The Morgan fingerprint density at radius 2 is 2.00 bits per heavy atom. The first-order valence-corrected chi connectivity index (χ1v) is 7.99. The number of sulfonamides is 1. The van der Waals surface area contributed by atoms with Crippen molar-refractivity contribution in [1.29, 1.82) is 0 Å². The van der Waals surface area contributed by atoms with Crippen molar-refractivity contribution >= 4 is 16.1 Å². The first-order valence-electron chi connectivity index (χ1n) is 6.55. The molecule has 1 aromatic carbocycles. The Hall–Kier alpha value is -2.12. The van der Waals surface area contributed by atoms with Gasteiger partial charge in [0.15, 0.2) is 0 Å². The number of benzene rings is 1. The first-order chi connectivity index (χ1) is 10.4. The number of ether oxygens (including phenoxy) is 2. The summed E-state index contributed by atoms with van der Waals surface area (Å²) in [6.45, 7) is 8.71. The van der Waals surface area contributed by atoms with Gasteiger partial charge in [-0.25, -0.2) is 13.2 Å². The molecule has 1 aromatic rings. The van der Waals surface area contributed by atoms with Crippen LogP contribution in [-0.4, -0.2) is 37.8 Å². The third kappa shape index (κ3) is 2.65. The predicted octanol–water partition coefficient (Wildman–Crippen LogP) is 2.22. The van der Waals surface area contributed by atoms with Gasteiger partial charge in [0.2, 0.25) is 5.72 Å². The lowest BCUT2D eigenvalue weighted by Crippen LogP contribution is -2.50. The third-order valence-electron chi connectivity index (χ3n) is 3.24. The fourth-order valence-electron chi connectivity index (χ4n) is 2.06. The fourth-order valence-corrected chi connectivity index (χ4v) is 3.59. The van der Waals surface area contributed by atoms with E-state index in [1.165, 1.54) is 24.3 Å². The van der Waals surface area contributed by atoms with E-state index in [0.29, 0.717) is 4.31 Å². The van der Waals surface area contributed by atoms with E-state index in [9.17, 15) is 13.2 Å². The second-order valence-corrected chi connectivity index (χ2v) is 6.57. The van der Waals surface area contributed by atoms with Crippen molar-refractivity contribution in [3.63, 3.8) is 0 Å². The molecule has 0 saturated carbocycles. The van der Waals surface area contributed by atoms with Crippen LogP contribution in [0.25, 0.3) is 0 Å². The lowest BCUT2D eigenvalue weighted by atomic mass is 10.2. The van der Waals surface area contributed by atoms with E-state index >= 15 is 0 Å². The maximum Gasteiger partial charge on any atom is 0.426 e. The monoisotopic (exact) mass is 323 g/mol. The second-order valence-electron chi connectivity index (χ2n) is 4.79. The van der Waals surface area contributed by atoms with Crippen molar-refractivity contribution in [3.8, 4) is 0 Å². The Kier molecular flexibility index (Phi) is 4.39. The normalized spacial score (nSPS) is 21.5. The quantitative estimate of drug-likeness (QED) is 0.751. The number of carbonyl (C=O) groups is 1. The minimum absolute atomic E-state index is 0.0228. The molecule has 1 heterocycles. The Balaban J connectivity index is 2.49. The van der Waals surface area contributed by atoms with Crippen LogP contribution in [0.2, 0.25) is 0 Å². The molecule has 7 heteroatoms. The van der Waals surface area contributed by atoms with E-state index in [2.05, 4.69) is 13.2 Å². The number of hydrogen-bond donors (Lipinski definition) is 0. The lowest BCUT2D eigenvalue weighted by molar-refractivity contribution is -0.0437. The predicted molar refractivity (Wildman–Crippen MR) is 80.6 cm³/mol. The van der Waals surface area contributed by atoms with E-state index in [1.54, 1.807) is 12.1 Å². The van der Waals surface area contributed by atoms with Crippen LogP contribution in [0.1, 0.15) is 5.56 Å². The van der Waals surface area contributed by atoms with Gasteiger partial charge in [-0.05, 0) is 25.1 Å². The van der Waals surface area contributed by atoms with Gasteiger partial charge in [0, 0.05) is 0 Å². The SMILES string of the molecule is C=CCOC1(C=C)COC(=O)N1S(=O)(=O)c1ccc(C)cc1. The maximum atomic E-state index is 12.8. The fraction of sp³-hybridized carbons (Fsp3) is 0.267. The topological polar surface area (TPSA) is 72.9 Å². The highest BCUT2D eigenvalue weighted by molar-refractivity contribution is 7.89. The summed E-state index contributed by atoms with van der Waals surface area (Å²) >= 11 is 0. The Labute approximate surface area is 129 Å². The summed E-state index contributed by atoms with van der Waals surface area (Å²) in [5, 5.41) is 0. The van der Waals surface area contributed by atoms with Gasteiger partial charge in [-0.15, -0.1) is 6.58 Å². The van der Waals surface area contributed by atoms with Crippen LogP contribution in [-0.2, 0) is 19.5 Å². The Morgan fingerprint density at radius 3 is 2.55 bits per heavy atom. The minimum atomic E-state index is -4.13. The average Bonchev–Trinajstić information content (AvgIpc) is 2.83. The molecule has 0 aliphatic carbocycles. The molecule has 6 nitrogen and oxygen atoms in total. The molecule has 0 N–H and O–H groups in total.